The van der Waals surface area contributed by atoms with Crippen molar-refractivity contribution in [2.75, 3.05) is 24.6 Å². The Bertz CT molecular complexity index is 1570. The standard InChI is InChI=1S/C36H40ClN3O4S/c1-2-30(45-35-38-17-4-18-39-35)13-12-29(41)11-8-24-6-7-27(24)21-40-22-36(16-3-5-25-19-28(37)10-14-31(25)36)23-44-33-15-9-26(34(42)43)20-32(33)40/h4,8-11,14-15,17-20,24,27,30H,2-3,5-7,12-13,16,21-23H2,1H3,(H,42,43)/b11-8+/t24-,27-,30?,36?/m0/s1. The largest absolute Gasteiger partial charge is 0.490 e. The van der Waals surface area contributed by atoms with E-state index in [0.717, 1.165) is 79.7 Å². The molecule has 2 heterocycles. The second-order valence-electron chi connectivity index (χ2n) is 12.6. The van der Waals surface area contributed by atoms with Crippen LogP contribution < -0.4 is 9.64 Å². The molecule has 0 bridgehead atoms. The Morgan fingerprint density at radius 1 is 1.20 bits per heavy atom. The van der Waals surface area contributed by atoms with E-state index in [1.54, 1.807) is 48.4 Å². The number of nitrogens with zero attached hydrogens (tertiary/aromatic N) is 3. The predicted molar refractivity (Wildman–Crippen MR) is 179 cm³/mol. The molecule has 1 fully saturated rings. The van der Waals surface area contributed by atoms with Gasteiger partial charge in [-0.15, -0.1) is 0 Å². The van der Waals surface area contributed by atoms with Gasteiger partial charge in [-0.3, -0.25) is 4.79 Å². The van der Waals surface area contributed by atoms with Crippen LogP contribution in [0.25, 0.3) is 0 Å². The molecule has 2 aromatic carbocycles. The summed E-state index contributed by atoms with van der Waals surface area (Å²) >= 11 is 8.03. The van der Waals surface area contributed by atoms with E-state index in [0.29, 0.717) is 30.1 Å². The molecule has 2 unspecified atom stereocenters. The number of hydrogen-bond donors (Lipinski definition) is 1. The molecular weight excluding hydrogens is 606 g/mol. The van der Waals surface area contributed by atoms with Crippen LogP contribution in [0.5, 0.6) is 5.75 Å². The van der Waals surface area contributed by atoms with E-state index in [1.807, 2.05) is 12.1 Å². The first kappa shape index (κ1) is 31.6. The van der Waals surface area contributed by atoms with Crippen LogP contribution >= 0.6 is 23.4 Å². The third-order valence-electron chi connectivity index (χ3n) is 9.73. The second kappa shape index (κ2) is 14.0. The molecule has 4 atom stereocenters. The number of aromatic nitrogens is 2. The van der Waals surface area contributed by atoms with Crippen LogP contribution in [-0.4, -0.2) is 51.8 Å². The maximum absolute atomic E-state index is 12.9. The lowest BCUT2D eigenvalue weighted by Crippen LogP contribution is -2.48. The Hall–Kier alpha value is -3.36. The number of rotatable bonds is 11. The minimum Gasteiger partial charge on any atom is -0.490 e. The molecule has 1 saturated carbocycles. The Morgan fingerprint density at radius 3 is 2.80 bits per heavy atom. The summed E-state index contributed by atoms with van der Waals surface area (Å²) in [5, 5.41) is 11.6. The van der Waals surface area contributed by atoms with Crippen molar-refractivity contribution in [2.24, 2.45) is 11.8 Å². The van der Waals surface area contributed by atoms with Crippen molar-refractivity contribution in [3.05, 3.63) is 88.7 Å². The van der Waals surface area contributed by atoms with Crippen LogP contribution in [0.2, 0.25) is 5.02 Å². The first-order chi connectivity index (χ1) is 21.8. The summed E-state index contributed by atoms with van der Waals surface area (Å²) in [6.07, 6.45) is 14.8. The fraction of sp³-hybridized carbons (Fsp3) is 0.444. The lowest BCUT2D eigenvalue weighted by Gasteiger charge is -2.44. The molecule has 236 valence electrons. The van der Waals surface area contributed by atoms with Gasteiger partial charge in [-0.05, 0) is 110 Å². The number of ether oxygens (including phenoxy) is 1. The van der Waals surface area contributed by atoms with E-state index in [2.05, 4.69) is 40.0 Å². The van der Waals surface area contributed by atoms with E-state index in [-0.39, 0.29) is 16.8 Å². The van der Waals surface area contributed by atoms with Crippen LogP contribution in [0.4, 0.5) is 5.69 Å². The highest BCUT2D eigenvalue weighted by molar-refractivity contribution is 7.99. The molecule has 0 saturated heterocycles. The fourth-order valence-electron chi connectivity index (χ4n) is 7.06. The maximum Gasteiger partial charge on any atom is 0.335 e. The third-order valence-corrected chi connectivity index (χ3v) is 11.3. The number of aryl methyl sites for hydroxylation is 1. The van der Waals surface area contributed by atoms with Crippen LogP contribution in [0.1, 0.15) is 73.4 Å². The van der Waals surface area contributed by atoms with Gasteiger partial charge in [0.25, 0.3) is 0 Å². The summed E-state index contributed by atoms with van der Waals surface area (Å²) in [7, 11) is 0. The number of hydrogen-bond acceptors (Lipinski definition) is 7. The zero-order valence-corrected chi connectivity index (χ0v) is 27.2. The van der Waals surface area contributed by atoms with Crippen molar-refractivity contribution in [1.29, 1.82) is 0 Å². The Morgan fingerprint density at radius 2 is 2.04 bits per heavy atom. The number of halogens is 1. The lowest BCUT2D eigenvalue weighted by molar-refractivity contribution is -0.114. The number of anilines is 1. The minimum atomic E-state index is -0.947. The number of carboxylic acid groups (broad SMARTS) is 1. The summed E-state index contributed by atoms with van der Waals surface area (Å²) in [4.78, 5) is 35.8. The number of benzene rings is 2. The van der Waals surface area contributed by atoms with Crippen molar-refractivity contribution in [3.63, 3.8) is 0 Å². The topological polar surface area (TPSA) is 92.6 Å². The minimum absolute atomic E-state index is 0.157. The number of ketones is 1. The van der Waals surface area contributed by atoms with E-state index >= 15 is 0 Å². The van der Waals surface area contributed by atoms with Gasteiger partial charge in [-0.1, -0.05) is 42.4 Å². The number of carboxylic acids is 1. The highest BCUT2D eigenvalue weighted by atomic mass is 35.5. The average molecular weight is 646 g/mol. The number of aromatic carboxylic acids is 1. The molecule has 0 radical (unpaired) electrons. The van der Waals surface area contributed by atoms with Gasteiger partial charge < -0.3 is 14.7 Å². The lowest BCUT2D eigenvalue weighted by atomic mass is 9.69. The summed E-state index contributed by atoms with van der Waals surface area (Å²) in [5.74, 6) is 0.616. The van der Waals surface area contributed by atoms with Gasteiger partial charge in [0, 0.05) is 47.6 Å². The molecule has 6 rings (SSSR count). The van der Waals surface area contributed by atoms with Crippen LogP contribution in [0, 0.1) is 11.8 Å². The van der Waals surface area contributed by atoms with E-state index in [4.69, 9.17) is 16.3 Å². The fourth-order valence-corrected chi connectivity index (χ4v) is 8.20. The number of carbonyl (C=O) groups is 2. The molecule has 1 aliphatic heterocycles. The summed E-state index contributed by atoms with van der Waals surface area (Å²) < 4.78 is 6.49. The van der Waals surface area contributed by atoms with Crippen molar-refractivity contribution in [2.45, 2.75) is 74.1 Å². The van der Waals surface area contributed by atoms with Crippen LogP contribution in [-0.2, 0) is 16.6 Å². The first-order valence-electron chi connectivity index (χ1n) is 16.0. The Labute approximate surface area is 274 Å². The van der Waals surface area contributed by atoms with Crippen LogP contribution in [0.3, 0.4) is 0 Å². The highest BCUT2D eigenvalue weighted by Crippen LogP contribution is 2.46. The zero-order chi connectivity index (χ0) is 31.4. The van der Waals surface area contributed by atoms with Gasteiger partial charge in [0.05, 0.1) is 17.9 Å². The first-order valence-corrected chi connectivity index (χ1v) is 17.3. The van der Waals surface area contributed by atoms with Gasteiger partial charge in [0.2, 0.25) is 0 Å². The maximum atomic E-state index is 12.9. The van der Waals surface area contributed by atoms with Gasteiger partial charge in [-0.25, -0.2) is 14.8 Å². The zero-order valence-electron chi connectivity index (χ0n) is 25.7. The molecule has 3 aromatic rings. The molecule has 9 heteroatoms. The van der Waals surface area contributed by atoms with E-state index < -0.39 is 5.97 Å². The molecule has 2 aliphatic carbocycles. The number of thioether (sulfide) groups is 1. The SMILES string of the molecule is CCC(CCC(=O)/C=C/[C@@H]1CC[C@H]1CN1CC2(CCCc3cc(Cl)ccc32)COc2ccc(C(=O)O)cc21)Sc1ncccn1. The number of fused-ring (bicyclic) bond motifs is 3. The van der Waals surface area contributed by atoms with Gasteiger partial charge in [0.15, 0.2) is 10.9 Å². The van der Waals surface area contributed by atoms with Crippen molar-refractivity contribution in [3.8, 4) is 5.75 Å². The monoisotopic (exact) mass is 645 g/mol. The van der Waals surface area contributed by atoms with E-state index in [1.165, 1.54) is 11.1 Å². The van der Waals surface area contributed by atoms with Gasteiger partial charge in [0.1, 0.15) is 5.75 Å². The second-order valence-corrected chi connectivity index (χ2v) is 14.3. The molecular formula is C36H40ClN3O4S. The van der Waals surface area contributed by atoms with Crippen LogP contribution in [0.15, 0.2) is 72.2 Å². The normalized spacial score (nSPS) is 23.0. The average Bonchev–Trinajstić information content (AvgIpc) is 3.18. The summed E-state index contributed by atoms with van der Waals surface area (Å²) in [6.45, 7) is 4.19. The molecule has 0 amide bonds. The molecule has 3 aliphatic rings. The van der Waals surface area contributed by atoms with Crippen molar-refractivity contribution < 1.29 is 19.4 Å². The van der Waals surface area contributed by atoms with Gasteiger partial charge in [-0.2, -0.15) is 0 Å². The Kier molecular flexibility index (Phi) is 9.81. The number of allylic oxidation sites excluding steroid dienone is 2. The van der Waals surface area contributed by atoms with Crippen molar-refractivity contribution >= 4 is 40.8 Å². The van der Waals surface area contributed by atoms with E-state index in [9.17, 15) is 14.7 Å². The molecule has 1 N–H and O–H groups in total. The Balaban J connectivity index is 1.16. The van der Waals surface area contributed by atoms with Gasteiger partial charge >= 0.3 is 5.97 Å². The molecule has 7 nitrogen and oxygen atoms in total. The summed E-state index contributed by atoms with van der Waals surface area (Å²) in [5.41, 5.74) is 3.44. The number of carbonyl (C=O) groups excluding carboxylic acids is 1. The molecule has 45 heavy (non-hydrogen) atoms. The molecule has 1 spiro atoms. The third kappa shape index (κ3) is 7.23. The summed E-state index contributed by atoms with van der Waals surface area (Å²) in [6, 6.07) is 13.2. The predicted octanol–water partition coefficient (Wildman–Crippen LogP) is 7.80. The highest BCUT2D eigenvalue weighted by Gasteiger charge is 2.43. The quantitative estimate of drug-likeness (QED) is 0.128. The van der Waals surface area contributed by atoms with Crippen molar-refractivity contribution in [1.82, 2.24) is 9.97 Å². The molecule has 1 aromatic heterocycles. The smallest absolute Gasteiger partial charge is 0.335 e.